The van der Waals surface area contributed by atoms with E-state index in [0.717, 1.165) is 22.7 Å². The normalized spacial score (nSPS) is 17.1. The van der Waals surface area contributed by atoms with Gasteiger partial charge in [-0.25, -0.2) is 4.79 Å². The largest absolute Gasteiger partial charge is 0.418 e. The van der Waals surface area contributed by atoms with Crippen LogP contribution in [-0.4, -0.2) is 48.8 Å². The predicted octanol–water partition coefficient (Wildman–Crippen LogP) is 3.49. The highest BCUT2D eigenvalue weighted by Gasteiger charge is 2.36. The van der Waals surface area contributed by atoms with Crippen LogP contribution in [0, 0.1) is 0 Å². The quantitative estimate of drug-likeness (QED) is 0.490. The van der Waals surface area contributed by atoms with Crippen LogP contribution in [0.5, 0.6) is 0 Å². The van der Waals surface area contributed by atoms with Crippen molar-refractivity contribution in [1.82, 2.24) is 24.4 Å². The second-order valence-corrected chi connectivity index (χ2v) is 8.33. The Morgan fingerprint density at radius 3 is 2.55 bits per heavy atom. The molecule has 7 nitrogen and oxygen atoms in total. The average molecular weight is 457 g/mol. The molecule has 1 aliphatic heterocycles. The minimum atomic E-state index is -4.56. The SMILES string of the molecule is O=c1[nH]c2cccc(C(F)(F)F)c2n1C1CCN(C(O)Cc2ccc3nccnc3c2)CC1. The summed E-state index contributed by atoms with van der Waals surface area (Å²) >= 11 is 0. The highest BCUT2D eigenvalue weighted by atomic mass is 19.4. The molecular weight excluding hydrogens is 435 g/mol. The number of H-pyrrole nitrogens is 1. The fraction of sp³-hybridized carbons (Fsp3) is 0.348. The van der Waals surface area contributed by atoms with Crippen LogP contribution in [0.1, 0.15) is 30.0 Å². The van der Waals surface area contributed by atoms with Gasteiger partial charge in [0.1, 0.15) is 6.23 Å². The number of aliphatic hydroxyl groups excluding tert-OH is 1. The van der Waals surface area contributed by atoms with Crippen LogP contribution in [0.2, 0.25) is 0 Å². The van der Waals surface area contributed by atoms with Crippen molar-refractivity contribution in [2.75, 3.05) is 13.1 Å². The first-order valence-electron chi connectivity index (χ1n) is 10.7. The van der Waals surface area contributed by atoms with Crippen LogP contribution in [0.3, 0.4) is 0 Å². The number of piperidine rings is 1. The van der Waals surface area contributed by atoms with E-state index in [-0.39, 0.29) is 17.1 Å². The van der Waals surface area contributed by atoms with Crippen LogP contribution >= 0.6 is 0 Å². The van der Waals surface area contributed by atoms with Crippen LogP contribution < -0.4 is 5.69 Å². The van der Waals surface area contributed by atoms with Crippen molar-refractivity contribution in [2.45, 2.75) is 37.7 Å². The average Bonchev–Trinajstić information content (AvgIpc) is 3.14. The number of alkyl halides is 3. The molecule has 33 heavy (non-hydrogen) atoms. The van der Waals surface area contributed by atoms with Crippen molar-refractivity contribution in [1.29, 1.82) is 0 Å². The van der Waals surface area contributed by atoms with Crippen molar-refractivity contribution in [3.8, 4) is 0 Å². The van der Waals surface area contributed by atoms with Crippen LogP contribution in [0.4, 0.5) is 13.2 Å². The van der Waals surface area contributed by atoms with E-state index in [1.165, 1.54) is 16.7 Å². The topological polar surface area (TPSA) is 87.0 Å². The molecule has 0 bridgehead atoms. The maximum atomic E-state index is 13.6. The van der Waals surface area contributed by atoms with E-state index in [2.05, 4.69) is 15.0 Å². The van der Waals surface area contributed by atoms with E-state index in [0.29, 0.717) is 32.4 Å². The van der Waals surface area contributed by atoms with E-state index in [4.69, 9.17) is 0 Å². The van der Waals surface area contributed by atoms with E-state index in [9.17, 15) is 23.1 Å². The minimum Gasteiger partial charge on any atom is -0.378 e. The Labute approximate surface area is 186 Å². The second-order valence-electron chi connectivity index (χ2n) is 8.33. The van der Waals surface area contributed by atoms with E-state index in [1.54, 1.807) is 12.4 Å². The molecule has 1 aliphatic rings. The number of hydrogen-bond donors (Lipinski definition) is 2. The van der Waals surface area contributed by atoms with Gasteiger partial charge >= 0.3 is 11.9 Å². The summed E-state index contributed by atoms with van der Waals surface area (Å²) in [6.45, 7) is 0.930. The molecule has 0 aliphatic carbocycles. The number of fused-ring (bicyclic) bond motifs is 2. The summed E-state index contributed by atoms with van der Waals surface area (Å²) in [5, 5.41) is 10.8. The van der Waals surface area contributed by atoms with Crippen molar-refractivity contribution in [3.63, 3.8) is 0 Å². The third-order valence-electron chi connectivity index (χ3n) is 6.28. The summed E-state index contributed by atoms with van der Waals surface area (Å²) in [5.74, 6) is 0. The molecule has 10 heteroatoms. The Hall–Kier alpha value is -3.24. The number of nitrogens with zero attached hydrogens (tertiary/aromatic N) is 4. The van der Waals surface area contributed by atoms with Gasteiger partial charge in [-0.3, -0.25) is 19.4 Å². The first-order valence-corrected chi connectivity index (χ1v) is 10.7. The molecule has 2 aromatic carbocycles. The molecule has 0 radical (unpaired) electrons. The molecule has 172 valence electrons. The lowest BCUT2D eigenvalue weighted by Gasteiger charge is -2.35. The molecule has 0 saturated carbocycles. The van der Waals surface area contributed by atoms with Gasteiger partial charge in [-0.2, -0.15) is 13.2 Å². The highest BCUT2D eigenvalue weighted by molar-refractivity contribution is 5.80. The summed E-state index contributed by atoms with van der Waals surface area (Å²) in [5.41, 5.74) is 1.15. The van der Waals surface area contributed by atoms with Gasteiger partial charge in [0.2, 0.25) is 0 Å². The van der Waals surface area contributed by atoms with Crippen molar-refractivity contribution in [2.24, 2.45) is 0 Å². The zero-order chi connectivity index (χ0) is 23.2. The number of rotatable bonds is 4. The Balaban J connectivity index is 1.32. The number of aliphatic hydroxyl groups is 1. The second kappa shape index (κ2) is 8.27. The Morgan fingerprint density at radius 1 is 1.09 bits per heavy atom. The molecule has 1 unspecified atom stereocenters. The standard InChI is InChI=1S/C23H22F3N5O2/c24-23(25,26)16-2-1-3-18-21(16)31(22(33)29-18)15-6-10-30(11-7-15)20(32)13-14-4-5-17-19(12-14)28-9-8-27-17/h1-5,8-9,12,15,20,32H,6-7,10-11,13H2,(H,29,33). The van der Waals surface area contributed by atoms with Crippen molar-refractivity contribution >= 4 is 22.1 Å². The highest BCUT2D eigenvalue weighted by Crippen LogP contribution is 2.36. The number of halogens is 3. The fourth-order valence-electron chi connectivity index (χ4n) is 4.68. The number of aromatic nitrogens is 4. The van der Waals surface area contributed by atoms with Gasteiger partial charge in [0, 0.05) is 37.9 Å². The van der Waals surface area contributed by atoms with Gasteiger partial charge in [0.15, 0.2) is 0 Å². The summed E-state index contributed by atoms with van der Waals surface area (Å²) < 4.78 is 41.9. The van der Waals surface area contributed by atoms with Gasteiger partial charge in [-0.1, -0.05) is 12.1 Å². The summed E-state index contributed by atoms with van der Waals surface area (Å²) in [6.07, 6.45) is -0.759. The number of likely N-dealkylation sites (tertiary alicyclic amines) is 1. The number of hydrogen-bond acceptors (Lipinski definition) is 5. The Kier molecular flexibility index (Phi) is 5.41. The zero-order valence-corrected chi connectivity index (χ0v) is 17.6. The first-order chi connectivity index (χ1) is 15.8. The molecule has 5 rings (SSSR count). The molecule has 1 saturated heterocycles. The number of para-hydroxylation sites is 1. The Bertz CT molecular complexity index is 1360. The number of aromatic amines is 1. The summed E-state index contributed by atoms with van der Waals surface area (Å²) in [6, 6.07) is 9.05. The van der Waals surface area contributed by atoms with Crippen molar-refractivity contribution < 1.29 is 18.3 Å². The van der Waals surface area contributed by atoms with E-state index in [1.807, 2.05) is 23.1 Å². The molecule has 0 amide bonds. The zero-order valence-electron chi connectivity index (χ0n) is 17.6. The molecule has 4 aromatic rings. The first kappa shape index (κ1) is 21.6. The molecule has 0 spiro atoms. The van der Waals surface area contributed by atoms with Gasteiger partial charge in [-0.05, 0) is 42.7 Å². The molecule has 2 N–H and O–H groups in total. The van der Waals surface area contributed by atoms with Gasteiger partial charge < -0.3 is 10.1 Å². The monoisotopic (exact) mass is 457 g/mol. The maximum Gasteiger partial charge on any atom is 0.418 e. The molecule has 3 heterocycles. The molecular formula is C23H22F3N5O2. The Morgan fingerprint density at radius 2 is 1.82 bits per heavy atom. The predicted molar refractivity (Wildman–Crippen MR) is 117 cm³/mol. The van der Waals surface area contributed by atoms with Crippen LogP contribution in [0.25, 0.3) is 22.1 Å². The van der Waals surface area contributed by atoms with Crippen LogP contribution in [0.15, 0.2) is 53.6 Å². The number of nitrogens with one attached hydrogen (secondary N) is 1. The maximum absolute atomic E-state index is 13.6. The fourth-order valence-corrected chi connectivity index (χ4v) is 4.68. The summed E-state index contributed by atoms with van der Waals surface area (Å²) in [4.78, 5) is 25.5. The van der Waals surface area contributed by atoms with Gasteiger partial charge in [0.25, 0.3) is 0 Å². The third-order valence-corrected chi connectivity index (χ3v) is 6.28. The lowest BCUT2D eigenvalue weighted by Crippen LogP contribution is -2.43. The molecule has 1 fully saturated rings. The van der Waals surface area contributed by atoms with Gasteiger partial charge in [0.05, 0.1) is 27.6 Å². The number of benzene rings is 2. The minimum absolute atomic E-state index is 0.105. The lowest BCUT2D eigenvalue weighted by atomic mass is 10.0. The smallest absolute Gasteiger partial charge is 0.378 e. The molecule has 1 atom stereocenters. The van der Waals surface area contributed by atoms with E-state index >= 15 is 0 Å². The molecule has 2 aromatic heterocycles. The third kappa shape index (κ3) is 4.11. The lowest BCUT2D eigenvalue weighted by molar-refractivity contribution is -0.136. The van der Waals surface area contributed by atoms with Crippen LogP contribution in [-0.2, 0) is 12.6 Å². The summed E-state index contributed by atoms with van der Waals surface area (Å²) in [7, 11) is 0. The van der Waals surface area contributed by atoms with E-state index < -0.39 is 23.7 Å². The van der Waals surface area contributed by atoms with Gasteiger partial charge in [-0.15, -0.1) is 0 Å². The van der Waals surface area contributed by atoms with Crippen molar-refractivity contribution in [3.05, 3.63) is 70.4 Å². The number of imidazole rings is 1.